The summed E-state index contributed by atoms with van der Waals surface area (Å²) in [5, 5.41) is 3.00. The first-order valence-electron chi connectivity index (χ1n) is 9.92. The Hall–Kier alpha value is -3.15. The van der Waals surface area contributed by atoms with Crippen LogP contribution in [0.25, 0.3) is 0 Å². The van der Waals surface area contributed by atoms with Crippen molar-refractivity contribution in [3.63, 3.8) is 0 Å². The second-order valence-electron chi connectivity index (χ2n) is 7.28. The first kappa shape index (κ1) is 23.1. The van der Waals surface area contributed by atoms with Crippen LogP contribution in [-0.4, -0.2) is 33.3 Å². The Morgan fingerprint density at radius 1 is 0.967 bits per heavy atom. The molecule has 2 aromatic rings. The van der Waals surface area contributed by atoms with E-state index in [9.17, 15) is 4.79 Å². The third-order valence-corrected chi connectivity index (χ3v) is 4.39. The lowest BCUT2D eigenvalue weighted by molar-refractivity contribution is 0.0939. The third kappa shape index (κ3) is 6.17. The third-order valence-electron chi connectivity index (χ3n) is 4.39. The molecule has 0 radical (unpaired) electrons. The molecular formula is C24H31NO5. The zero-order valence-electron chi connectivity index (χ0n) is 18.4. The quantitative estimate of drug-likeness (QED) is 0.536. The van der Waals surface area contributed by atoms with Crippen molar-refractivity contribution in [3.8, 4) is 23.0 Å². The second kappa shape index (κ2) is 11.1. The standard InChI is InChI=1S/C24H31NO5/c1-7-12-29-20-11-9-19(14-23(20)28-6)24(26)25-17(4)18-8-10-21(22(13-18)27-5)30-15-16(2)3/h7-11,13-14,16-17H,1,12,15H2,2-6H3,(H,25,26). The summed E-state index contributed by atoms with van der Waals surface area (Å²) in [4.78, 5) is 12.7. The van der Waals surface area contributed by atoms with Crippen molar-refractivity contribution in [2.24, 2.45) is 5.92 Å². The average Bonchev–Trinajstić information content (AvgIpc) is 2.75. The molecule has 0 aliphatic rings. The highest BCUT2D eigenvalue weighted by molar-refractivity contribution is 5.95. The van der Waals surface area contributed by atoms with Crippen LogP contribution < -0.4 is 24.3 Å². The molecule has 1 atom stereocenters. The average molecular weight is 414 g/mol. The van der Waals surface area contributed by atoms with Crippen LogP contribution in [0.15, 0.2) is 49.1 Å². The van der Waals surface area contributed by atoms with Gasteiger partial charge in [-0.05, 0) is 48.7 Å². The SMILES string of the molecule is C=CCOc1ccc(C(=O)NC(C)c2ccc(OCC(C)C)c(OC)c2)cc1OC. The number of carbonyl (C=O) groups excluding carboxylic acids is 1. The maximum Gasteiger partial charge on any atom is 0.251 e. The summed E-state index contributed by atoms with van der Waals surface area (Å²) in [6, 6.07) is 10.5. The highest BCUT2D eigenvalue weighted by atomic mass is 16.5. The Kier molecular flexibility index (Phi) is 8.59. The topological polar surface area (TPSA) is 66.0 Å². The predicted octanol–water partition coefficient (Wildman–Crippen LogP) is 4.79. The van der Waals surface area contributed by atoms with E-state index < -0.39 is 0 Å². The molecule has 0 heterocycles. The van der Waals surface area contributed by atoms with Crippen LogP contribution in [0.2, 0.25) is 0 Å². The van der Waals surface area contributed by atoms with Gasteiger partial charge in [-0.15, -0.1) is 0 Å². The Balaban J connectivity index is 2.12. The largest absolute Gasteiger partial charge is 0.493 e. The van der Waals surface area contributed by atoms with Gasteiger partial charge in [-0.3, -0.25) is 4.79 Å². The lowest BCUT2D eigenvalue weighted by Gasteiger charge is -2.18. The summed E-state index contributed by atoms with van der Waals surface area (Å²) in [5.74, 6) is 2.58. The number of methoxy groups -OCH3 is 2. The molecule has 2 rings (SSSR count). The van der Waals surface area contributed by atoms with E-state index in [-0.39, 0.29) is 11.9 Å². The molecule has 1 unspecified atom stereocenters. The molecule has 0 bridgehead atoms. The van der Waals surface area contributed by atoms with Crippen LogP contribution in [0.5, 0.6) is 23.0 Å². The maximum absolute atomic E-state index is 12.7. The van der Waals surface area contributed by atoms with Gasteiger partial charge in [0.1, 0.15) is 6.61 Å². The van der Waals surface area contributed by atoms with Crippen molar-refractivity contribution in [1.29, 1.82) is 0 Å². The van der Waals surface area contributed by atoms with E-state index in [4.69, 9.17) is 18.9 Å². The van der Waals surface area contributed by atoms with Crippen LogP contribution in [-0.2, 0) is 0 Å². The summed E-state index contributed by atoms with van der Waals surface area (Å²) in [6.45, 7) is 10.7. The van der Waals surface area contributed by atoms with Crippen molar-refractivity contribution in [2.75, 3.05) is 27.4 Å². The van der Waals surface area contributed by atoms with Crippen LogP contribution in [0.4, 0.5) is 0 Å². The van der Waals surface area contributed by atoms with Gasteiger partial charge in [0.25, 0.3) is 5.91 Å². The fourth-order valence-corrected chi connectivity index (χ4v) is 2.77. The van der Waals surface area contributed by atoms with Crippen LogP contribution in [0.1, 0.15) is 42.7 Å². The zero-order chi connectivity index (χ0) is 22.1. The number of carbonyl (C=O) groups is 1. The van der Waals surface area contributed by atoms with E-state index in [2.05, 4.69) is 25.7 Å². The van der Waals surface area contributed by atoms with Crippen LogP contribution in [0, 0.1) is 5.92 Å². The van der Waals surface area contributed by atoms with Gasteiger partial charge in [0.05, 0.1) is 26.9 Å². The molecule has 0 saturated heterocycles. The maximum atomic E-state index is 12.7. The highest BCUT2D eigenvalue weighted by Crippen LogP contribution is 2.31. The van der Waals surface area contributed by atoms with Gasteiger partial charge in [-0.1, -0.05) is 32.6 Å². The first-order chi connectivity index (χ1) is 14.4. The number of benzene rings is 2. The lowest BCUT2D eigenvalue weighted by atomic mass is 10.1. The summed E-state index contributed by atoms with van der Waals surface area (Å²) in [5.41, 5.74) is 1.39. The Morgan fingerprint density at radius 3 is 2.23 bits per heavy atom. The molecular weight excluding hydrogens is 382 g/mol. The number of ether oxygens (including phenoxy) is 4. The van der Waals surface area contributed by atoms with Gasteiger partial charge in [-0.2, -0.15) is 0 Å². The number of nitrogens with one attached hydrogen (secondary N) is 1. The number of hydrogen-bond acceptors (Lipinski definition) is 5. The Bertz CT molecular complexity index is 863. The van der Waals surface area contributed by atoms with E-state index in [1.165, 1.54) is 7.11 Å². The molecule has 6 nitrogen and oxygen atoms in total. The van der Waals surface area contributed by atoms with E-state index >= 15 is 0 Å². The second-order valence-corrected chi connectivity index (χ2v) is 7.28. The van der Waals surface area contributed by atoms with Gasteiger partial charge in [0, 0.05) is 5.56 Å². The van der Waals surface area contributed by atoms with Crippen molar-refractivity contribution in [2.45, 2.75) is 26.8 Å². The van der Waals surface area contributed by atoms with Crippen LogP contribution in [0.3, 0.4) is 0 Å². The number of amides is 1. The number of rotatable bonds is 11. The molecule has 0 aromatic heterocycles. The van der Waals surface area contributed by atoms with E-state index in [0.29, 0.717) is 47.7 Å². The van der Waals surface area contributed by atoms with Gasteiger partial charge in [0.15, 0.2) is 23.0 Å². The predicted molar refractivity (Wildman–Crippen MR) is 118 cm³/mol. The summed E-state index contributed by atoms with van der Waals surface area (Å²) < 4.78 is 22.1. The van der Waals surface area contributed by atoms with Gasteiger partial charge < -0.3 is 24.3 Å². The molecule has 1 N–H and O–H groups in total. The molecule has 0 aliphatic carbocycles. The molecule has 0 aliphatic heterocycles. The van der Waals surface area contributed by atoms with E-state index in [1.54, 1.807) is 31.4 Å². The lowest BCUT2D eigenvalue weighted by Crippen LogP contribution is -2.26. The molecule has 0 saturated carbocycles. The summed E-state index contributed by atoms with van der Waals surface area (Å²) in [7, 11) is 3.14. The smallest absolute Gasteiger partial charge is 0.251 e. The van der Waals surface area contributed by atoms with Crippen molar-refractivity contribution >= 4 is 5.91 Å². The highest BCUT2D eigenvalue weighted by Gasteiger charge is 2.16. The first-order valence-corrected chi connectivity index (χ1v) is 9.92. The van der Waals surface area contributed by atoms with Crippen LogP contribution >= 0.6 is 0 Å². The molecule has 1 amide bonds. The Morgan fingerprint density at radius 2 is 1.60 bits per heavy atom. The van der Waals surface area contributed by atoms with Crippen molar-refractivity contribution in [3.05, 3.63) is 60.2 Å². The molecule has 30 heavy (non-hydrogen) atoms. The molecule has 6 heteroatoms. The minimum Gasteiger partial charge on any atom is -0.493 e. The minimum atomic E-state index is -0.228. The normalized spacial score (nSPS) is 11.5. The van der Waals surface area contributed by atoms with Gasteiger partial charge in [0.2, 0.25) is 0 Å². The van der Waals surface area contributed by atoms with Crippen molar-refractivity contribution in [1.82, 2.24) is 5.32 Å². The Labute approximate surface area is 178 Å². The molecule has 2 aromatic carbocycles. The van der Waals surface area contributed by atoms with Crippen molar-refractivity contribution < 1.29 is 23.7 Å². The zero-order valence-corrected chi connectivity index (χ0v) is 18.4. The minimum absolute atomic E-state index is 0.213. The summed E-state index contributed by atoms with van der Waals surface area (Å²) >= 11 is 0. The fraction of sp³-hybridized carbons (Fsp3) is 0.375. The molecule has 0 fully saturated rings. The molecule has 162 valence electrons. The molecule has 0 spiro atoms. The van der Waals surface area contributed by atoms with Gasteiger partial charge >= 0.3 is 0 Å². The monoisotopic (exact) mass is 413 g/mol. The number of hydrogen-bond donors (Lipinski definition) is 1. The van der Waals surface area contributed by atoms with E-state index in [1.807, 2.05) is 25.1 Å². The fourth-order valence-electron chi connectivity index (χ4n) is 2.77. The summed E-state index contributed by atoms with van der Waals surface area (Å²) in [6.07, 6.45) is 1.65. The van der Waals surface area contributed by atoms with Gasteiger partial charge in [-0.25, -0.2) is 0 Å². The van der Waals surface area contributed by atoms with E-state index in [0.717, 1.165) is 5.56 Å².